The lowest BCUT2D eigenvalue weighted by Crippen LogP contribution is -3.00. The van der Waals surface area contributed by atoms with Crippen molar-refractivity contribution in [2.45, 2.75) is 0 Å². The van der Waals surface area contributed by atoms with Crippen LogP contribution in [0.1, 0.15) is 0 Å². The molecule has 1 aliphatic heterocycles. The van der Waals surface area contributed by atoms with E-state index in [0.29, 0.717) is 0 Å². The van der Waals surface area contributed by atoms with Crippen molar-refractivity contribution in [2.24, 2.45) is 0 Å². The molecular formula is C11H31Cl2N5-2. The number of halogens is 2. The first kappa shape index (κ1) is 26.8. The highest BCUT2D eigenvalue weighted by molar-refractivity contribution is 4.65. The van der Waals surface area contributed by atoms with E-state index in [0.717, 1.165) is 6.67 Å². The van der Waals surface area contributed by atoms with Gasteiger partial charge in [-0.15, -0.1) is 0 Å². The molecular weight excluding hydrogens is 273 g/mol. The first-order valence-electron chi connectivity index (χ1n) is 5.65. The first-order chi connectivity index (χ1) is 7.34. The second-order valence-electron chi connectivity index (χ2n) is 4.60. The normalized spacial score (nSPS) is 12.8. The van der Waals surface area contributed by atoms with Crippen LogP contribution in [-0.2, 0) is 0 Å². The Labute approximate surface area is 126 Å². The fourth-order valence-corrected chi connectivity index (χ4v) is 1.01. The number of hydrogen-bond donors (Lipinski definition) is 1. The molecule has 0 aromatic heterocycles. The van der Waals surface area contributed by atoms with Gasteiger partial charge in [0.2, 0.25) is 0 Å². The van der Waals surface area contributed by atoms with Crippen molar-refractivity contribution in [3.05, 3.63) is 0 Å². The second-order valence-corrected chi connectivity index (χ2v) is 4.60. The third-order valence-corrected chi connectivity index (χ3v) is 1.55. The molecule has 18 heavy (non-hydrogen) atoms. The lowest BCUT2D eigenvalue weighted by atomic mass is 10.8. The Morgan fingerprint density at radius 2 is 1.11 bits per heavy atom. The molecule has 0 aromatic carbocycles. The minimum atomic E-state index is 0. The van der Waals surface area contributed by atoms with Crippen molar-refractivity contribution in [1.82, 2.24) is 25.1 Å². The molecule has 1 N–H and O–H groups in total. The molecule has 0 aliphatic carbocycles. The van der Waals surface area contributed by atoms with Gasteiger partial charge in [-0.1, -0.05) is 0 Å². The molecule has 116 valence electrons. The van der Waals surface area contributed by atoms with Gasteiger partial charge in [-0.3, -0.25) is 9.80 Å². The maximum Gasteiger partial charge on any atom is 0.0495 e. The Hall–Kier alpha value is 0.380. The molecule has 1 rings (SSSR count). The quantitative estimate of drug-likeness (QED) is 0.413. The molecule has 0 radical (unpaired) electrons. The molecule has 0 bridgehead atoms. The lowest BCUT2D eigenvalue weighted by molar-refractivity contribution is -0.00100. The van der Waals surface area contributed by atoms with Crippen LogP contribution in [0.15, 0.2) is 0 Å². The first-order valence-corrected chi connectivity index (χ1v) is 5.65. The number of hydrazine groups is 1. The summed E-state index contributed by atoms with van der Waals surface area (Å²) in [4.78, 5) is 4.25. The monoisotopic (exact) mass is 303 g/mol. The van der Waals surface area contributed by atoms with Crippen molar-refractivity contribution in [3.63, 3.8) is 0 Å². The summed E-state index contributed by atoms with van der Waals surface area (Å²) in [5.41, 5.74) is 0. The standard InChI is InChI=1S/C5H14N2.C4H10N2.C2H7N.2ClH/c1-6(2)5-7(3)4;1-5(2)6-3-4-6;1-3-2;;/h5H2,1-4H3;3-4H2,1-2H3;3H,1-2H3;2*1H/p-2. The van der Waals surface area contributed by atoms with E-state index in [1.54, 1.807) is 0 Å². The largest absolute Gasteiger partial charge is 1.00 e. The second kappa shape index (κ2) is 17.4. The van der Waals surface area contributed by atoms with E-state index in [9.17, 15) is 0 Å². The molecule has 1 heterocycles. The zero-order valence-electron chi connectivity index (χ0n) is 13.2. The Bertz CT molecular complexity index is 135. The van der Waals surface area contributed by atoms with Crippen molar-refractivity contribution in [2.75, 3.05) is 76.1 Å². The zero-order chi connectivity index (χ0) is 13.1. The minimum absolute atomic E-state index is 0. The summed E-state index contributed by atoms with van der Waals surface area (Å²) in [7, 11) is 16.1. The van der Waals surface area contributed by atoms with E-state index >= 15 is 0 Å². The number of nitrogens with zero attached hydrogens (tertiary/aromatic N) is 4. The van der Waals surface area contributed by atoms with Gasteiger partial charge < -0.3 is 30.1 Å². The van der Waals surface area contributed by atoms with Gasteiger partial charge in [0, 0.05) is 33.9 Å². The van der Waals surface area contributed by atoms with Crippen LogP contribution < -0.4 is 30.1 Å². The summed E-state index contributed by atoms with van der Waals surface area (Å²) in [5.74, 6) is 0. The smallest absolute Gasteiger partial charge is 0.0495 e. The predicted molar refractivity (Wildman–Crippen MR) is 72.5 cm³/mol. The summed E-state index contributed by atoms with van der Waals surface area (Å²) < 4.78 is 0. The van der Waals surface area contributed by atoms with Gasteiger partial charge in [-0.25, -0.2) is 10.0 Å². The molecule has 1 fully saturated rings. The molecule has 0 atom stereocenters. The van der Waals surface area contributed by atoms with Crippen LogP contribution in [0, 0.1) is 0 Å². The van der Waals surface area contributed by atoms with Gasteiger partial charge in [0.15, 0.2) is 0 Å². The van der Waals surface area contributed by atoms with E-state index < -0.39 is 0 Å². The van der Waals surface area contributed by atoms with Crippen LogP contribution in [0.4, 0.5) is 0 Å². The molecule has 0 unspecified atom stereocenters. The van der Waals surface area contributed by atoms with E-state index in [-0.39, 0.29) is 24.8 Å². The van der Waals surface area contributed by atoms with E-state index in [4.69, 9.17) is 0 Å². The summed E-state index contributed by atoms with van der Waals surface area (Å²) in [6.45, 7) is 3.54. The van der Waals surface area contributed by atoms with Crippen LogP contribution in [0.5, 0.6) is 0 Å². The Morgan fingerprint density at radius 3 is 1.11 bits per heavy atom. The maximum absolute atomic E-state index is 2.75. The molecule has 5 nitrogen and oxygen atoms in total. The van der Waals surface area contributed by atoms with Gasteiger partial charge >= 0.3 is 0 Å². The van der Waals surface area contributed by atoms with Gasteiger partial charge in [0.1, 0.15) is 0 Å². The van der Waals surface area contributed by atoms with Crippen molar-refractivity contribution in [1.29, 1.82) is 0 Å². The van der Waals surface area contributed by atoms with E-state index in [1.165, 1.54) is 13.1 Å². The fraction of sp³-hybridized carbons (Fsp3) is 1.00. The van der Waals surface area contributed by atoms with Gasteiger partial charge in [-0.05, 0) is 42.3 Å². The number of nitrogens with one attached hydrogen (secondary N) is 1. The summed E-state index contributed by atoms with van der Waals surface area (Å²) in [6, 6.07) is 0. The maximum atomic E-state index is 2.75. The molecule has 0 aromatic rings. The molecule has 7 heteroatoms. The summed E-state index contributed by atoms with van der Waals surface area (Å²) in [5, 5.41) is 7.11. The topological polar surface area (TPSA) is 24.8 Å². The summed E-state index contributed by atoms with van der Waals surface area (Å²) >= 11 is 0. The van der Waals surface area contributed by atoms with Crippen molar-refractivity contribution in [3.8, 4) is 0 Å². The average molecular weight is 304 g/mol. The van der Waals surface area contributed by atoms with Crippen molar-refractivity contribution >= 4 is 0 Å². The molecule has 1 aliphatic rings. The highest BCUT2D eigenvalue weighted by Crippen LogP contribution is 2.02. The van der Waals surface area contributed by atoms with Crippen molar-refractivity contribution < 1.29 is 24.8 Å². The van der Waals surface area contributed by atoms with Crippen LogP contribution in [0.25, 0.3) is 0 Å². The van der Waals surface area contributed by atoms with Crippen LogP contribution in [-0.4, -0.2) is 96.0 Å². The van der Waals surface area contributed by atoms with Crippen LogP contribution in [0.2, 0.25) is 0 Å². The molecule has 0 saturated carbocycles. The SMILES string of the molecule is CN(C)CN(C)C.CN(C)N1CC1.CNC.[Cl-].[Cl-]. The van der Waals surface area contributed by atoms with E-state index in [1.807, 2.05) is 14.1 Å². The lowest BCUT2D eigenvalue weighted by Gasteiger charge is -2.14. The molecule has 0 amide bonds. The van der Waals surface area contributed by atoms with Crippen LogP contribution >= 0.6 is 0 Å². The number of rotatable bonds is 3. The van der Waals surface area contributed by atoms with Crippen LogP contribution in [0.3, 0.4) is 0 Å². The zero-order valence-corrected chi connectivity index (χ0v) is 14.7. The molecule has 0 spiro atoms. The van der Waals surface area contributed by atoms with E-state index in [2.05, 4.69) is 67.4 Å². The Kier molecular flexibility index (Phi) is 25.9. The summed E-state index contributed by atoms with van der Waals surface area (Å²) in [6.07, 6.45) is 0. The third kappa shape index (κ3) is 29.9. The fourth-order valence-electron chi connectivity index (χ4n) is 1.01. The Morgan fingerprint density at radius 1 is 0.833 bits per heavy atom. The van der Waals surface area contributed by atoms with Gasteiger partial charge in [-0.2, -0.15) is 0 Å². The molecule has 1 saturated heterocycles. The Balaban J connectivity index is -0.0000000825. The highest BCUT2D eigenvalue weighted by Gasteiger charge is 2.18. The highest BCUT2D eigenvalue weighted by atomic mass is 35.5. The average Bonchev–Trinajstić information content (AvgIpc) is 2.84. The third-order valence-electron chi connectivity index (χ3n) is 1.55. The predicted octanol–water partition coefficient (Wildman–Crippen LogP) is -6.31. The van der Waals surface area contributed by atoms with Gasteiger partial charge in [0.05, 0.1) is 0 Å². The van der Waals surface area contributed by atoms with Gasteiger partial charge in [0.25, 0.3) is 0 Å². The number of hydrogen-bond acceptors (Lipinski definition) is 5. The minimum Gasteiger partial charge on any atom is -1.00 e.